The highest BCUT2D eigenvalue weighted by Crippen LogP contribution is 2.29. The zero-order chi connectivity index (χ0) is 12.3. The molecule has 1 rings (SSSR count). The van der Waals surface area contributed by atoms with Crippen LogP contribution >= 0.6 is 15.9 Å². The minimum Gasteiger partial charge on any atom is -0.207 e. The summed E-state index contributed by atoms with van der Waals surface area (Å²) in [6.45, 7) is 6.40. The van der Waals surface area contributed by atoms with Crippen LogP contribution in [-0.2, 0) is 6.42 Å². The number of halogens is 3. The first-order valence-electron chi connectivity index (χ1n) is 5.38. The maximum absolute atomic E-state index is 13.3. The summed E-state index contributed by atoms with van der Waals surface area (Å²) >= 11 is 3.60. The number of benzene rings is 1. The smallest absolute Gasteiger partial charge is 0.129 e. The fraction of sp³-hybridized carbons (Fsp3) is 0.538. The molecule has 0 saturated carbocycles. The zero-order valence-corrected chi connectivity index (χ0v) is 11.4. The molecule has 1 unspecified atom stereocenters. The molecule has 0 N–H and O–H groups in total. The van der Waals surface area contributed by atoms with Crippen LogP contribution in [0.25, 0.3) is 0 Å². The minimum absolute atomic E-state index is 0.149. The van der Waals surface area contributed by atoms with Gasteiger partial charge in [0.25, 0.3) is 0 Å². The third-order valence-electron chi connectivity index (χ3n) is 2.62. The van der Waals surface area contributed by atoms with Crippen LogP contribution < -0.4 is 0 Å². The molecule has 0 amide bonds. The molecule has 0 aliphatic carbocycles. The van der Waals surface area contributed by atoms with Crippen LogP contribution in [0.5, 0.6) is 0 Å². The molecule has 0 saturated heterocycles. The number of rotatable bonds is 3. The molecule has 0 radical (unpaired) electrons. The Balaban J connectivity index is 2.62. The van der Waals surface area contributed by atoms with Gasteiger partial charge in [-0.2, -0.15) is 0 Å². The first-order valence-corrected chi connectivity index (χ1v) is 6.30. The maximum atomic E-state index is 13.3. The van der Waals surface area contributed by atoms with Gasteiger partial charge in [-0.05, 0) is 29.9 Å². The fourth-order valence-corrected chi connectivity index (χ4v) is 1.67. The van der Waals surface area contributed by atoms with Crippen LogP contribution in [0.3, 0.4) is 0 Å². The van der Waals surface area contributed by atoms with Gasteiger partial charge in [-0.15, -0.1) is 0 Å². The van der Waals surface area contributed by atoms with Crippen LogP contribution in [-0.4, -0.2) is 4.83 Å². The van der Waals surface area contributed by atoms with E-state index in [2.05, 4.69) is 36.7 Å². The Hall–Kier alpha value is -0.440. The van der Waals surface area contributed by atoms with Crippen molar-refractivity contribution >= 4 is 15.9 Å². The summed E-state index contributed by atoms with van der Waals surface area (Å²) in [6.07, 6.45) is 1.46. The third-order valence-corrected chi connectivity index (χ3v) is 4.45. The van der Waals surface area contributed by atoms with Crippen molar-refractivity contribution in [3.05, 3.63) is 35.4 Å². The first kappa shape index (κ1) is 13.6. The fourth-order valence-electron chi connectivity index (χ4n) is 1.44. The molecule has 0 fully saturated rings. The van der Waals surface area contributed by atoms with E-state index in [-0.39, 0.29) is 5.41 Å². The Bertz CT molecular complexity index is 355. The van der Waals surface area contributed by atoms with Gasteiger partial charge in [0.05, 0.1) is 0 Å². The second kappa shape index (κ2) is 5.26. The number of aryl methyl sites for hydroxylation is 1. The largest absolute Gasteiger partial charge is 0.207 e. The molecule has 1 atom stereocenters. The van der Waals surface area contributed by atoms with Crippen LogP contribution in [0.1, 0.15) is 32.8 Å². The molecule has 1 aromatic carbocycles. The predicted octanol–water partition coefficient (Wildman–Crippen LogP) is 4.71. The Morgan fingerprint density at radius 2 is 1.88 bits per heavy atom. The standard InChI is InChI=1S/C13H17BrF2/c1-13(2,3)12(14)7-5-9-4-6-10(15)8-11(9)16/h4,6,8,12H,5,7H2,1-3H3. The Morgan fingerprint density at radius 3 is 2.38 bits per heavy atom. The van der Waals surface area contributed by atoms with E-state index in [1.807, 2.05) is 0 Å². The summed E-state index contributed by atoms with van der Waals surface area (Å²) in [5, 5.41) is 0. The molecule has 0 nitrogen and oxygen atoms in total. The lowest BCUT2D eigenvalue weighted by atomic mass is 9.89. The van der Waals surface area contributed by atoms with Crippen molar-refractivity contribution < 1.29 is 8.78 Å². The van der Waals surface area contributed by atoms with Crippen molar-refractivity contribution in [1.82, 2.24) is 0 Å². The molecule has 0 aliphatic rings. The van der Waals surface area contributed by atoms with E-state index in [0.29, 0.717) is 16.8 Å². The normalized spacial score (nSPS) is 13.9. The monoisotopic (exact) mass is 290 g/mol. The van der Waals surface area contributed by atoms with Crippen LogP contribution in [0.4, 0.5) is 8.78 Å². The molecule has 0 spiro atoms. The Labute approximate surface area is 104 Å². The van der Waals surface area contributed by atoms with Crippen molar-refractivity contribution in [2.75, 3.05) is 0 Å². The maximum Gasteiger partial charge on any atom is 0.129 e. The van der Waals surface area contributed by atoms with Gasteiger partial charge in [-0.3, -0.25) is 0 Å². The van der Waals surface area contributed by atoms with Crippen LogP contribution in [0.15, 0.2) is 18.2 Å². The molecule has 3 heteroatoms. The van der Waals surface area contributed by atoms with Gasteiger partial charge in [0, 0.05) is 10.9 Å². The molecule has 0 aliphatic heterocycles. The molecular weight excluding hydrogens is 274 g/mol. The lowest BCUT2D eigenvalue weighted by molar-refractivity contribution is 0.384. The number of hydrogen-bond donors (Lipinski definition) is 0. The van der Waals surface area contributed by atoms with E-state index in [9.17, 15) is 8.78 Å². The highest BCUT2D eigenvalue weighted by molar-refractivity contribution is 9.09. The van der Waals surface area contributed by atoms with Gasteiger partial charge >= 0.3 is 0 Å². The van der Waals surface area contributed by atoms with Gasteiger partial charge in [0.1, 0.15) is 11.6 Å². The van der Waals surface area contributed by atoms with E-state index in [1.54, 1.807) is 0 Å². The SMILES string of the molecule is CC(C)(C)C(Br)CCc1ccc(F)cc1F. The van der Waals surface area contributed by atoms with E-state index in [0.717, 1.165) is 12.5 Å². The summed E-state index contributed by atoms with van der Waals surface area (Å²) in [5.41, 5.74) is 0.728. The van der Waals surface area contributed by atoms with Crippen LogP contribution in [0.2, 0.25) is 0 Å². The highest BCUT2D eigenvalue weighted by atomic mass is 79.9. The lowest BCUT2D eigenvalue weighted by Gasteiger charge is -2.25. The molecule has 1 aromatic rings. The van der Waals surface area contributed by atoms with E-state index in [1.165, 1.54) is 12.1 Å². The lowest BCUT2D eigenvalue weighted by Crippen LogP contribution is -2.20. The minimum atomic E-state index is -0.521. The zero-order valence-electron chi connectivity index (χ0n) is 9.86. The highest BCUT2D eigenvalue weighted by Gasteiger charge is 2.21. The number of alkyl halides is 1. The van der Waals surface area contributed by atoms with E-state index < -0.39 is 11.6 Å². The first-order chi connectivity index (χ1) is 7.30. The summed E-state index contributed by atoms with van der Waals surface area (Å²) in [4.78, 5) is 0.324. The van der Waals surface area contributed by atoms with E-state index >= 15 is 0 Å². The number of hydrogen-bond acceptors (Lipinski definition) is 0. The van der Waals surface area contributed by atoms with Gasteiger partial charge in [-0.25, -0.2) is 8.78 Å². The van der Waals surface area contributed by atoms with Gasteiger partial charge in [-0.1, -0.05) is 42.8 Å². The van der Waals surface area contributed by atoms with Crippen molar-refractivity contribution in [2.45, 2.75) is 38.4 Å². The van der Waals surface area contributed by atoms with Crippen molar-refractivity contribution in [3.8, 4) is 0 Å². The second-order valence-corrected chi connectivity index (χ2v) is 6.21. The predicted molar refractivity (Wildman–Crippen MR) is 66.8 cm³/mol. The summed E-state index contributed by atoms with van der Waals surface area (Å²) in [5.74, 6) is -0.971. The Kier molecular flexibility index (Phi) is 4.48. The van der Waals surface area contributed by atoms with E-state index in [4.69, 9.17) is 0 Å². The average molecular weight is 291 g/mol. The van der Waals surface area contributed by atoms with Crippen molar-refractivity contribution in [3.63, 3.8) is 0 Å². The quantitative estimate of drug-likeness (QED) is 0.708. The van der Waals surface area contributed by atoms with Crippen molar-refractivity contribution in [1.29, 1.82) is 0 Å². The summed E-state index contributed by atoms with van der Waals surface area (Å²) < 4.78 is 26.0. The summed E-state index contributed by atoms with van der Waals surface area (Å²) in [6, 6.07) is 3.77. The summed E-state index contributed by atoms with van der Waals surface area (Å²) in [7, 11) is 0. The molecule has 90 valence electrons. The molecule has 16 heavy (non-hydrogen) atoms. The molecule has 0 aromatic heterocycles. The van der Waals surface area contributed by atoms with Gasteiger partial charge in [0.15, 0.2) is 0 Å². The average Bonchev–Trinajstić information content (AvgIpc) is 2.14. The molecule has 0 bridgehead atoms. The second-order valence-electron chi connectivity index (χ2n) is 5.11. The van der Waals surface area contributed by atoms with Gasteiger partial charge in [0.2, 0.25) is 0 Å². The topological polar surface area (TPSA) is 0 Å². The van der Waals surface area contributed by atoms with Crippen molar-refractivity contribution in [2.24, 2.45) is 5.41 Å². The molecular formula is C13H17BrF2. The molecule has 0 heterocycles. The van der Waals surface area contributed by atoms with Crippen LogP contribution in [0, 0.1) is 17.0 Å². The Morgan fingerprint density at radius 1 is 1.25 bits per heavy atom. The third kappa shape index (κ3) is 3.85. The van der Waals surface area contributed by atoms with Gasteiger partial charge < -0.3 is 0 Å².